The fourth-order valence-electron chi connectivity index (χ4n) is 1.22. The van der Waals surface area contributed by atoms with Gasteiger partial charge in [-0.25, -0.2) is 4.39 Å². The number of hydrogen-bond donors (Lipinski definition) is 0. The quantitative estimate of drug-likeness (QED) is 0.347. The van der Waals surface area contributed by atoms with Gasteiger partial charge in [0.1, 0.15) is 5.82 Å². The largest absolute Gasteiger partial charge is 0.293 e. The van der Waals surface area contributed by atoms with Gasteiger partial charge in [-0.05, 0) is 13.0 Å². The zero-order valence-corrected chi connectivity index (χ0v) is 8.55. The highest BCUT2D eigenvalue weighted by Crippen LogP contribution is 2.23. The van der Waals surface area contributed by atoms with Gasteiger partial charge in [0.2, 0.25) is 0 Å². The van der Waals surface area contributed by atoms with Gasteiger partial charge in [0.25, 0.3) is 5.69 Å². The minimum Gasteiger partial charge on any atom is -0.293 e. The van der Waals surface area contributed by atoms with Crippen LogP contribution in [0.25, 0.3) is 0 Å². The molecule has 1 aromatic carbocycles. The van der Waals surface area contributed by atoms with Gasteiger partial charge in [-0.1, -0.05) is 0 Å². The third-order valence-corrected chi connectivity index (χ3v) is 2.21. The molecule has 0 aliphatic rings. The maximum atomic E-state index is 13.0. The van der Waals surface area contributed by atoms with Gasteiger partial charge >= 0.3 is 0 Å². The van der Waals surface area contributed by atoms with E-state index in [0.717, 1.165) is 12.1 Å². The second-order valence-electron chi connectivity index (χ2n) is 2.91. The Kier molecular flexibility index (Phi) is 3.36. The lowest BCUT2D eigenvalue weighted by atomic mass is 10.0. The van der Waals surface area contributed by atoms with E-state index in [1.54, 1.807) is 0 Å². The number of nitrogens with zero attached hydrogens (tertiary/aromatic N) is 1. The molecule has 0 unspecified atom stereocenters. The molecule has 0 amide bonds. The van der Waals surface area contributed by atoms with Gasteiger partial charge in [0.15, 0.2) is 5.78 Å². The smallest absolute Gasteiger partial charge is 0.275 e. The number of ketones is 1. The first-order valence-electron chi connectivity index (χ1n) is 4.01. The number of benzene rings is 1. The second-order valence-corrected chi connectivity index (χ2v) is 3.18. The Morgan fingerprint density at radius 2 is 2.20 bits per heavy atom. The maximum absolute atomic E-state index is 13.0. The van der Waals surface area contributed by atoms with Gasteiger partial charge in [-0.2, -0.15) is 0 Å². The number of nitro groups is 1. The van der Waals surface area contributed by atoms with Crippen LogP contribution in [0.3, 0.4) is 0 Å². The van der Waals surface area contributed by atoms with Gasteiger partial charge < -0.3 is 0 Å². The van der Waals surface area contributed by atoms with Crippen molar-refractivity contribution in [2.75, 3.05) is 5.88 Å². The van der Waals surface area contributed by atoms with Crippen molar-refractivity contribution < 1.29 is 14.1 Å². The summed E-state index contributed by atoms with van der Waals surface area (Å²) in [6, 6.07) is 1.73. The van der Waals surface area contributed by atoms with E-state index in [2.05, 4.69) is 0 Å². The number of alkyl halides is 1. The summed E-state index contributed by atoms with van der Waals surface area (Å²) in [6.45, 7) is 1.39. The first-order valence-corrected chi connectivity index (χ1v) is 4.54. The van der Waals surface area contributed by atoms with Crippen LogP contribution in [-0.4, -0.2) is 16.6 Å². The Balaban J connectivity index is 3.41. The van der Waals surface area contributed by atoms with Crippen LogP contribution < -0.4 is 0 Å². The average Bonchev–Trinajstić information content (AvgIpc) is 2.19. The fourth-order valence-corrected chi connectivity index (χ4v) is 1.36. The lowest BCUT2D eigenvalue weighted by Gasteiger charge is -2.03. The van der Waals surface area contributed by atoms with Crippen molar-refractivity contribution >= 4 is 23.1 Å². The van der Waals surface area contributed by atoms with Crippen LogP contribution in [0.5, 0.6) is 0 Å². The molecule has 0 atom stereocenters. The van der Waals surface area contributed by atoms with E-state index >= 15 is 0 Å². The van der Waals surface area contributed by atoms with Crippen molar-refractivity contribution in [1.82, 2.24) is 0 Å². The molecule has 15 heavy (non-hydrogen) atoms. The molecular weight excluding hydrogens is 225 g/mol. The van der Waals surface area contributed by atoms with Gasteiger partial charge in [-0.15, -0.1) is 11.6 Å². The van der Waals surface area contributed by atoms with Gasteiger partial charge in [0.05, 0.1) is 16.9 Å². The zero-order chi connectivity index (χ0) is 11.6. The standard InChI is InChI=1S/C9H7ClFNO3/c1-5-7(9(13)4-10)2-6(11)3-8(5)12(14)15/h2-3H,4H2,1H3. The Hall–Kier alpha value is -1.49. The van der Waals surface area contributed by atoms with Crippen molar-refractivity contribution in [1.29, 1.82) is 0 Å². The Morgan fingerprint density at radius 1 is 1.60 bits per heavy atom. The Morgan fingerprint density at radius 3 is 2.67 bits per heavy atom. The molecule has 0 spiro atoms. The van der Waals surface area contributed by atoms with Crippen LogP contribution in [-0.2, 0) is 0 Å². The highest BCUT2D eigenvalue weighted by atomic mass is 35.5. The van der Waals surface area contributed by atoms with Crippen LogP contribution in [0.1, 0.15) is 15.9 Å². The minimum absolute atomic E-state index is 0.0447. The molecule has 0 aromatic heterocycles. The summed E-state index contributed by atoms with van der Waals surface area (Å²) in [5, 5.41) is 10.5. The third kappa shape index (κ3) is 2.30. The van der Waals surface area contributed by atoms with E-state index in [4.69, 9.17) is 11.6 Å². The van der Waals surface area contributed by atoms with Gasteiger partial charge in [-0.3, -0.25) is 14.9 Å². The second kappa shape index (κ2) is 4.35. The van der Waals surface area contributed by atoms with Crippen LogP contribution in [0, 0.1) is 22.9 Å². The van der Waals surface area contributed by atoms with Crippen molar-refractivity contribution in [2.45, 2.75) is 6.92 Å². The summed E-state index contributed by atoms with van der Waals surface area (Å²) >= 11 is 5.30. The number of rotatable bonds is 3. The molecule has 1 rings (SSSR count). The normalized spacial score (nSPS) is 10.1. The molecule has 0 radical (unpaired) electrons. The summed E-state index contributed by atoms with van der Waals surface area (Å²) in [5.74, 6) is -1.68. The van der Waals surface area contributed by atoms with E-state index in [9.17, 15) is 19.3 Å². The molecule has 0 heterocycles. The summed E-state index contributed by atoms with van der Waals surface area (Å²) < 4.78 is 13.0. The van der Waals surface area contributed by atoms with E-state index in [1.165, 1.54) is 6.92 Å². The number of nitro benzene ring substituents is 1. The predicted octanol–water partition coefficient (Wildman–Crippen LogP) is 2.46. The molecule has 0 N–H and O–H groups in total. The van der Waals surface area contributed by atoms with E-state index in [-0.39, 0.29) is 17.0 Å². The number of hydrogen-bond acceptors (Lipinski definition) is 3. The molecule has 0 aliphatic carbocycles. The lowest BCUT2D eigenvalue weighted by Crippen LogP contribution is -2.06. The van der Waals surface area contributed by atoms with Crippen molar-refractivity contribution in [3.05, 3.63) is 39.2 Å². The molecular formula is C9H7ClFNO3. The highest BCUT2D eigenvalue weighted by Gasteiger charge is 2.19. The molecule has 1 aromatic rings. The molecule has 0 saturated heterocycles. The molecule has 80 valence electrons. The first kappa shape index (κ1) is 11.6. The van der Waals surface area contributed by atoms with Crippen molar-refractivity contribution in [3.8, 4) is 0 Å². The molecule has 6 heteroatoms. The minimum atomic E-state index is -0.819. The molecule has 0 aliphatic heterocycles. The Bertz CT molecular complexity index is 434. The number of Topliss-reactive ketones (excluding diaryl/α,β-unsaturated/α-hetero) is 1. The molecule has 4 nitrogen and oxygen atoms in total. The van der Waals surface area contributed by atoms with Crippen molar-refractivity contribution in [3.63, 3.8) is 0 Å². The van der Waals surface area contributed by atoms with E-state index < -0.39 is 22.2 Å². The van der Waals surface area contributed by atoms with E-state index in [1.807, 2.05) is 0 Å². The van der Waals surface area contributed by atoms with Crippen molar-refractivity contribution in [2.24, 2.45) is 0 Å². The first-order chi connectivity index (χ1) is 6.97. The van der Waals surface area contributed by atoms with E-state index in [0.29, 0.717) is 0 Å². The van der Waals surface area contributed by atoms with Crippen LogP contribution >= 0.6 is 11.6 Å². The zero-order valence-electron chi connectivity index (χ0n) is 7.79. The topological polar surface area (TPSA) is 60.2 Å². The summed E-state index contributed by atoms with van der Waals surface area (Å²) in [4.78, 5) is 21.0. The molecule has 0 saturated carbocycles. The maximum Gasteiger partial charge on any atom is 0.275 e. The fraction of sp³-hybridized carbons (Fsp3) is 0.222. The molecule has 0 bridgehead atoms. The average molecular weight is 232 g/mol. The Labute approximate surface area is 89.8 Å². The SMILES string of the molecule is Cc1c(C(=O)CCl)cc(F)cc1[N+](=O)[O-]. The molecule has 0 fully saturated rings. The summed E-state index contributed by atoms with van der Waals surface area (Å²) in [6.07, 6.45) is 0. The number of halogens is 2. The lowest BCUT2D eigenvalue weighted by molar-refractivity contribution is -0.385. The van der Waals surface area contributed by atoms with Crippen LogP contribution in [0.4, 0.5) is 10.1 Å². The monoisotopic (exact) mass is 231 g/mol. The predicted molar refractivity (Wildman–Crippen MR) is 52.8 cm³/mol. The van der Waals surface area contributed by atoms with Gasteiger partial charge in [0, 0.05) is 11.1 Å². The number of carbonyl (C=O) groups excluding carboxylic acids is 1. The van der Waals surface area contributed by atoms with Crippen LogP contribution in [0.2, 0.25) is 0 Å². The summed E-state index contributed by atoms with van der Waals surface area (Å²) in [5.41, 5.74) is -0.327. The van der Waals surface area contributed by atoms with Crippen LogP contribution in [0.15, 0.2) is 12.1 Å². The highest BCUT2D eigenvalue weighted by molar-refractivity contribution is 6.30. The summed E-state index contributed by atoms with van der Waals surface area (Å²) in [7, 11) is 0. The number of carbonyl (C=O) groups is 1. The third-order valence-electron chi connectivity index (χ3n) is 1.96.